The van der Waals surface area contributed by atoms with Crippen LogP contribution in [-0.4, -0.2) is 24.2 Å². The third-order valence-corrected chi connectivity index (χ3v) is 4.08. The number of carbonyl (C=O) groups is 1. The molecule has 0 spiro atoms. The lowest BCUT2D eigenvalue weighted by molar-refractivity contribution is -0.122. The van der Waals surface area contributed by atoms with E-state index < -0.39 is 6.10 Å². The summed E-state index contributed by atoms with van der Waals surface area (Å²) in [6.45, 7) is 4.51. The first-order valence-corrected chi connectivity index (χ1v) is 8.24. The molecule has 0 fully saturated rings. The monoisotopic (exact) mass is 347 g/mol. The van der Waals surface area contributed by atoms with Gasteiger partial charge in [0.1, 0.15) is 5.75 Å². The number of nitrogens with one attached hydrogen (secondary N) is 1. The molecule has 0 heterocycles. The third kappa shape index (κ3) is 5.55. The highest BCUT2D eigenvalue weighted by molar-refractivity contribution is 6.30. The topological polar surface area (TPSA) is 58.6 Å². The quantitative estimate of drug-likeness (QED) is 0.805. The van der Waals surface area contributed by atoms with Crippen LogP contribution in [0, 0.1) is 13.8 Å². The van der Waals surface area contributed by atoms with Gasteiger partial charge >= 0.3 is 0 Å². The SMILES string of the molecule is Cc1ccc(OCCC(=O)NCC(O)c2ccc(Cl)cc2)cc1C. The second-order valence-corrected chi connectivity index (χ2v) is 6.15. The lowest BCUT2D eigenvalue weighted by atomic mass is 10.1. The molecule has 1 unspecified atom stereocenters. The van der Waals surface area contributed by atoms with Crippen molar-refractivity contribution in [2.45, 2.75) is 26.4 Å². The summed E-state index contributed by atoms with van der Waals surface area (Å²) in [7, 11) is 0. The van der Waals surface area contributed by atoms with E-state index in [0.29, 0.717) is 17.2 Å². The van der Waals surface area contributed by atoms with Gasteiger partial charge in [0.05, 0.1) is 19.1 Å². The first-order chi connectivity index (χ1) is 11.5. The van der Waals surface area contributed by atoms with Crippen LogP contribution in [0.1, 0.15) is 29.2 Å². The van der Waals surface area contributed by atoms with Gasteiger partial charge in [0.25, 0.3) is 0 Å². The molecule has 4 nitrogen and oxygen atoms in total. The molecule has 24 heavy (non-hydrogen) atoms. The van der Waals surface area contributed by atoms with Crippen molar-refractivity contribution in [1.29, 1.82) is 0 Å². The van der Waals surface area contributed by atoms with Gasteiger partial charge < -0.3 is 15.2 Å². The van der Waals surface area contributed by atoms with Crippen molar-refractivity contribution in [1.82, 2.24) is 5.32 Å². The smallest absolute Gasteiger partial charge is 0.223 e. The average Bonchev–Trinajstić information content (AvgIpc) is 2.56. The normalized spacial score (nSPS) is 11.8. The number of halogens is 1. The number of hydrogen-bond acceptors (Lipinski definition) is 3. The fraction of sp³-hybridized carbons (Fsp3) is 0.316. The molecule has 0 saturated carbocycles. The van der Waals surface area contributed by atoms with Crippen LogP contribution < -0.4 is 10.1 Å². The van der Waals surface area contributed by atoms with Crippen LogP contribution in [-0.2, 0) is 4.79 Å². The Labute approximate surface area is 147 Å². The van der Waals surface area contributed by atoms with Gasteiger partial charge in [-0.05, 0) is 54.8 Å². The maximum atomic E-state index is 11.8. The molecule has 0 saturated heterocycles. The van der Waals surface area contributed by atoms with Crippen molar-refractivity contribution in [2.75, 3.05) is 13.2 Å². The van der Waals surface area contributed by atoms with E-state index in [1.807, 2.05) is 32.0 Å². The minimum Gasteiger partial charge on any atom is -0.493 e. The van der Waals surface area contributed by atoms with Crippen LogP contribution in [0.4, 0.5) is 0 Å². The molecule has 0 aliphatic rings. The lowest BCUT2D eigenvalue weighted by Gasteiger charge is -2.13. The molecular weight excluding hydrogens is 326 g/mol. The van der Waals surface area contributed by atoms with E-state index in [0.717, 1.165) is 11.3 Å². The Morgan fingerprint density at radius 2 is 1.88 bits per heavy atom. The molecule has 0 bridgehead atoms. The van der Waals surface area contributed by atoms with E-state index >= 15 is 0 Å². The summed E-state index contributed by atoms with van der Waals surface area (Å²) in [6, 6.07) is 12.7. The Hall–Kier alpha value is -2.04. The molecule has 1 atom stereocenters. The number of carbonyl (C=O) groups excluding carboxylic acids is 1. The number of rotatable bonds is 7. The Morgan fingerprint density at radius 1 is 1.17 bits per heavy atom. The molecular formula is C19H22ClNO3. The number of amides is 1. The van der Waals surface area contributed by atoms with Gasteiger partial charge in [-0.1, -0.05) is 29.8 Å². The lowest BCUT2D eigenvalue weighted by Crippen LogP contribution is -2.29. The van der Waals surface area contributed by atoms with Crippen LogP contribution in [0.2, 0.25) is 5.02 Å². The van der Waals surface area contributed by atoms with Crippen molar-refractivity contribution in [3.63, 3.8) is 0 Å². The Balaban J connectivity index is 1.71. The van der Waals surface area contributed by atoms with Crippen LogP contribution in [0.3, 0.4) is 0 Å². The molecule has 2 aromatic rings. The Bertz CT molecular complexity index is 686. The van der Waals surface area contributed by atoms with Crippen molar-refractivity contribution >= 4 is 17.5 Å². The molecule has 5 heteroatoms. The molecule has 2 N–H and O–H groups in total. The van der Waals surface area contributed by atoms with E-state index in [1.165, 1.54) is 5.56 Å². The predicted molar refractivity (Wildman–Crippen MR) is 95.4 cm³/mol. The molecule has 2 aromatic carbocycles. The van der Waals surface area contributed by atoms with Gasteiger partial charge in [0.15, 0.2) is 0 Å². The van der Waals surface area contributed by atoms with Crippen LogP contribution >= 0.6 is 11.6 Å². The standard InChI is InChI=1S/C19H22ClNO3/c1-13-3-8-17(11-14(13)2)24-10-9-19(23)21-12-18(22)15-4-6-16(20)7-5-15/h3-8,11,18,22H,9-10,12H2,1-2H3,(H,21,23). The first-order valence-electron chi connectivity index (χ1n) is 7.86. The fourth-order valence-electron chi connectivity index (χ4n) is 2.17. The van der Waals surface area contributed by atoms with E-state index in [2.05, 4.69) is 5.32 Å². The van der Waals surface area contributed by atoms with E-state index in [1.54, 1.807) is 24.3 Å². The second-order valence-electron chi connectivity index (χ2n) is 5.72. The zero-order chi connectivity index (χ0) is 17.5. The van der Waals surface area contributed by atoms with E-state index in [-0.39, 0.29) is 18.9 Å². The highest BCUT2D eigenvalue weighted by Gasteiger charge is 2.09. The van der Waals surface area contributed by atoms with Crippen LogP contribution in [0.15, 0.2) is 42.5 Å². The maximum Gasteiger partial charge on any atom is 0.223 e. The first kappa shape index (κ1) is 18.3. The van der Waals surface area contributed by atoms with E-state index in [9.17, 15) is 9.90 Å². The highest BCUT2D eigenvalue weighted by atomic mass is 35.5. The van der Waals surface area contributed by atoms with Crippen molar-refractivity contribution < 1.29 is 14.6 Å². The number of aryl methyl sites for hydroxylation is 2. The summed E-state index contributed by atoms with van der Waals surface area (Å²) in [4.78, 5) is 11.8. The Morgan fingerprint density at radius 3 is 2.54 bits per heavy atom. The predicted octanol–water partition coefficient (Wildman–Crippen LogP) is 3.58. The summed E-state index contributed by atoms with van der Waals surface area (Å²) in [5.74, 6) is 0.596. The molecule has 2 rings (SSSR count). The van der Waals surface area contributed by atoms with Gasteiger partial charge in [-0.15, -0.1) is 0 Å². The number of hydrogen-bond donors (Lipinski definition) is 2. The summed E-state index contributed by atoms with van der Waals surface area (Å²) in [5.41, 5.74) is 3.07. The number of aliphatic hydroxyl groups excluding tert-OH is 1. The molecule has 128 valence electrons. The van der Waals surface area contributed by atoms with E-state index in [4.69, 9.17) is 16.3 Å². The van der Waals surface area contributed by atoms with Crippen LogP contribution in [0.5, 0.6) is 5.75 Å². The summed E-state index contributed by atoms with van der Waals surface area (Å²) in [6.07, 6.45) is -0.521. The van der Waals surface area contributed by atoms with Gasteiger partial charge in [0, 0.05) is 11.6 Å². The molecule has 0 radical (unpaired) electrons. The van der Waals surface area contributed by atoms with Gasteiger partial charge in [-0.25, -0.2) is 0 Å². The minimum absolute atomic E-state index is 0.157. The molecule has 0 aliphatic heterocycles. The highest BCUT2D eigenvalue weighted by Crippen LogP contribution is 2.17. The van der Waals surface area contributed by atoms with Crippen molar-refractivity contribution in [3.05, 3.63) is 64.2 Å². The minimum atomic E-state index is -0.758. The summed E-state index contributed by atoms with van der Waals surface area (Å²) in [5, 5.41) is 13.3. The second kappa shape index (κ2) is 8.71. The Kier molecular flexibility index (Phi) is 6.64. The maximum absolute atomic E-state index is 11.8. The number of benzene rings is 2. The fourth-order valence-corrected chi connectivity index (χ4v) is 2.29. The van der Waals surface area contributed by atoms with Gasteiger partial charge in [-0.2, -0.15) is 0 Å². The number of aliphatic hydroxyl groups is 1. The molecule has 0 aliphatic carbocycles. The molecule has 1 amide bonds. The van der Waals surface area contributed by atoms with Gasteiger partial charge in [-0.3, -0.25) is 4.79 Å². The summed E-state index contributed by atoms with van der Waals surface area (Å²) >= 11 is 5.80. The summed E-state index contributed by atoms with van der Waals surface area (Å²) < 4.78 is 5.58. The zero-order valence-electron chi connectivity index (χ0n) is 13.9. The molecule has 0 aromatic heterocycles. The average molecular weight is 348 g/mol. The number of ether oxygens (including phenoxy) is 1. The van der Waals surface area contributed by atoms with Crippen molar-refractivity contribution in [3.8, 4) is 5.75 Å². The van der Waals surface area contributed by atoms with Crippen molar-refractivity contribution in [2.24, 2.45) is 0 Å². The van der Waals surface area contributed by atoms with Gasteiger partial charge in [0.2, 0.25) is 5.91 Å². The third-order valence-electron chi connectivity index (χ3n) is 3.82. The largest absolute Gasteiger partial charge is 0.493 e. The van der Waals surface area contributed by atoms with Crippen LogP contribution in [0.25, 0.3) is 0 Å². The zero-order valence-corrected chi connectivity index (χ0v) is 14.6.